The Balaban J connectivity index is 1.71. The molecular formula is C14H18N2O4S. The number of nitrogens with one attached hydrogen (secondary N) is 1. The molecule has 1 saturated heterocycles. The van der Waals surface area contributed by atoms with E-state index >= 15 is 0 Å². The molecule has 0 aromatic carbocycles. The van der Waals surface area contributed by atoms with E-state index in [4.69, 9.17) is 5.11 Å². The van der Waals surface area contributed by atoms with Crippen LogP contribution >= 0.6 is 11.3 Å². The van der Waals surface area contributed by atoms with Gasteiger partial charge in [-0.1, -0.05) is 0 Å². The molecule has 3 rings (SSSR count). The maximum Gasteiger partial charge on any atom is 0.326 e. The van der Waals surface area contributed by atoms with Gasteiger partial charge in [-0.25, -0.2) is 9.59 Å². The normalized spacial score (nSPS) is 28.2. The molecule has 3 unspecified atom stereocenters. The first-order valence-electron chi connectivity index (χ1n) is 7.10. The van der Waals surface area contributed by atoms with Crippen LogP contribution in [0.2, 0.25) is 0 Å². The number of amides is 2. The van der Waals surface area contributed by atoms with E-state index in [-0.39, 0.29) is 19.0 Å². The highest BCUT2D eigenvalue weighted by molar-refractivity contribution is 7.10. The van der Waals surface area contributed by atoms with E-state index < -0.39 is 24.1 Å². The van der Waals surface area contributed by atoms with Crippen LogP contribution in [0.3, 0.4) is 0 Å². The van der Waals surface area contributed by atoms with E-state index in [1.807, 2.05) is 11.4 Å². The van der Waals surface area contributed by atoms with Gasteiger partial charge < -0.3 is 20.4 Å². The highest BCUT2D eigenvalue weighted by Gasteiger charge is 2.39. The maximum absolute atomic E-state index is 12.3. The van der Waals surface area contributed by atoms with Gasteiger partial charge in [-0.05, 0) is 36.3 Å². The summed E-state index contributed by atoms with van der Waals surface area (Å²) in [6.07, 6.45) is 2.25. The fraction of sp³-hybridized carbons (Fsp3) is 0.571. The molecule has 1 aliphatic heterocycles. The molecule has 3 atom stereocenters. The number of β-amino-alcohol motifs (C(OH)–C–C–N with tert-alkyl or cyclic N) is 1. The minimum absolute atomic E-state index is 0.0558. The van der Waals surface area contributed by atoms with Gasteiger partial charge in [0.1, 0.15) is 6.04 Å². The first-order chi connectivity index (χ1) is 10.1. The van der Waals surface area contributed by atoms with Gasteiger partial charge in [-0.15, -0.1) is 11.3 Å². The number of carbonyl (C=O) groups excluding carboxylic acids is 1. The summed E-state index contributed by atoms with van der Waals surface area (Å²) in [5, 5.41) is 23.7. The van der Waals surface area contributed by atoms with Crippen molar-refractivity contribution in [2.75, 3.05) is 6.54 Å². The fourth-order valence-corrected chi connectivity index (χ4v) is 4.13. The van der Waals surface area contributed by atoms with E-state index in [2.05, 4.69) is 5.32 Å². The van der Waals surface area contributed by atoms with Gasteiger partial charge in [0.25, 0.3) is 0 Å². The highest BCUT2D eigenvalue weighted by Crippen LogP contribution is 2.33. The standard InChI is InChI=1S/C14H18N2O4S/c17-8-6-11(13(18)19)16(7-8)14(20)15-10-2-1-3-12-9(10)4-5-21-12/h4-5,8,10-11,17H,1-3,6-7H2,(H,15,20)(H,18,19). The Morgan fingerprint density at radius 1 is 1.43 bits per heavy atom. The molecule has 3 N–H and O–H groups in total. The molecule has 114 valence electrons. The van der Waals surface area contributed by atoms with E-state index in [1.54, 1.807) is 11.3 Å². The van der Waals surface area contributed by atoms with Crippen molar-refractivity contribution in [3.05, 3.63) is 21.9 Å². The summed E-state index contributed by atoms with van der Waals surface area (Å²) in [6.45, 7) is 0.0754. The third kappa shape index (κ3) is 2.75. The monoisotopic (exact) mass is 310 g/mol. The molecule has 2 aliphatic rings. The zero-order chi connectivity index (χ0) is 15.0. The Morgan fingerprint density at radius 3 is 3.00 bits per heavy atom. The number of urea groups is 1. The van der Waals surface area contributed by atoms with Gasteiger partial charge in [-0.3, -0.25) is 0 Å². The lowest BCUT2D eigenvalue weighted by molar-refractivity contribution is -0.141. The van der Waals surface area contributed by atoms with E-state index in [1.165, 1.54) is 9.78 Å². The number of aliphatic hydroxyl groups is 1. The third-order valence-corrected chi connectivity index (χ3v) is 5.17. The molecule has 0 bridgehead atoms. The molecule has 1 aliphatic carbocycles. The molecule has 21 heavy (non-hydrogen) atoms. The Bertz CT molecular complexity index is 559. The zero-order valence-electron chi connectivity index (χ0n) is 11.5. The summed E-state index contributed by atoms with van der Waals surface area (Å²) in [6, 6.07) is 0.630. The van der Waals surface area contributed by atoms with Crippen LogP contribution in [0.4, 0.5) is 4.79 Å². The lowest BCUT2D eigenvalue weighted by atomic mass is 9.94. The number of carboxylic acid groups (broad SMARTS) is 1. The van der Waals surface area contributed by atoms with Gasteiger partial charge in [0.05, 0.1) is 12.1 Å². The molecule has 7 heteroatoms. The summed E-state index contributed by atoms with van der Waals surface area (Å²) < 4.78 is 0. The molecule has 2 amide bonds. The summed E-state index contributed by atoms with van der Waals surface area (Å²) in [4.78, 5) is 26.1. The fourth-order valence-electron chi connectivity index (χ4n) is 3.14. The van der Waals surface area contributed by atoms with Crippen molar-refractivity contribution in [2.24, 2.45) is 0 Å². The number of aryl methyl sites for hydroxylation is 1. The second-order valence-corrected chi connectivity index (χ2v) is 6.59. The van der Waals surface area contributed by atoms with Gasteiger partial charge >= 0.3 is 12.0 Å². The summed E-state index contributed by atoms with van der Waals surface area (Å²) >= 11 is 1.70. The second-order valence-electron chi connectivity index (χ2n) is 5.59. The van der Waals surface area contributed by atoms with Crippen molar-refractivity contribution in [2.45, 2.75) is 43.9 Å². The molecule has 1 fully saturated rings. The molecule has 0 saturated carbocycles. The average molecular weight is 310 g/mol. The number of carbonyl (C=O) groups is 2. The maximum atomic E-state index is 12.3. The van der Waals surface area contributed by atoms with Crippen LogP contribution in [0.25, 0.3) is 0 Å². The van der Waals surface area contributed by atoms with Crippen LogP contribution in [0.5, 0.6) is 0 Å². The summed E-state index contributed by atoms with van der Waals surface area (Å²) in [7, 11) is 0. The minimum Gasteiger partial charge on any atom is -0.480 e. The Labute approximate surface area is 126 Å². The van der Waals surface area contributed by atoms with E-state index in [0.717, 1.165) is 24.8 Å². The van der Waals surface area contributed by atoms with Crippen LogP contribution in [-0.2, 0) is 11.2 Å². The lowest BCUT2D eigenvalue weighted by Gasteiger charge is -2.28. The zero-order valence-corrected chi connectivity index (χ0v) is 12.3. The van der Waals surface area contributed by atoms with Gasteiger partial charge in [0.15, 0.2) is 0 Å². The minimum atomic E-state index is -1.07. The SMILES string of the molecule is O=C(O)C1CC(O)CN1C(=O)NC1CCCc2sccc21. The number of thiophene rings is 1. The summed E-state index contributed by atoms with van der Waals surface area (Å²) in [5.41, 5.74) is 1.14. The van der Waals surface area contributed by atoms with Crippen molar-refractivity contribution in [1.82, 2.24) is 10.2 Å². The first-order valence-corrected chi connectivity index (χ1v) is 7.98. The van der Waals surface area contributed by atoms with Crippen LogP contribution in [0, 0.1) is 0 Å². The smallest absolute Gasteiger partial charge is 0.326 e. The number of hydrogen-bond donors (Lipinski definition) is 3. The predicted octanol–water partition coefficient (Wildman–Crippen LogP) is 1.35. The van der Waals surface area contributed by atoms with Gasteiger partial charge in [-0.2, -0.15) is 0 Å². The molecule has 0 spiro atoms. The van der Waals surface area contributed by atoms with Crippen LogP contribution in [-0.4, -0.2) is 45.8 Å². The number of fused-ring (bicyclic) bond motifs is 1. The quantitative estimate of drug-likeness (QED) is 0.769. The number of aliphatic carboxylic acids is 1. The summed E-state index contributed by atoms with van der Waals surface area (Å²) in [5.74, 6) is -1.07. The number of nitrogens with zero attached hydrogens (tertiary/aromatic N) is 1. The lowest BCUT2D eigenvalue weighted by Crippen LogP contribution is -2.47. The first kappa shape index (κ1) is 14.3. The number of hydrogen-bond acceptors (Lipinski definition) is 4. The van der Waals surface area contributed by atoms with Gasteiger partial charge in [0, 0.05) is 17.8 Å². The Morgan fingerprint density at radius 2 is 2.24 bits per heavy atom. The van der Waals surface area contributed by atoms with Crippen molar-refractivity contribution in [3.8, 4) is 0 Å². The van der Waals surface area contributed by atoms with Crippen molar-refractivity contribution >= 4 is 23.3 Å². The number of carboxylic acids is 1. The molecule has 6 nitrogen and oxygen atoms in total. The Kier molecular flexibility index (Phi) is 3.86. The molecular weight excluding hydrogens is 292 g/mol. The number of rotatable bonds is 2. The molecule has 2 heterocycles. The van der Waals surface area contributed by atoms with E-state index in [0.29, 0.717) is 0 Å². The topological polar surface area (TPSA) is 89.9 Å². The Hall–Kier alpha value is -1.60. The average Bonchev–Trinajstić information content (AvgIpc) is 3.05. The largest absolute Gasteiger partial charge is 0.480 e. The second kappa shape index (κ2) is 5.65. The highest BCUT2D eigenvalue weighted by atomic mass is 32.1. The van der Waals surface area contributed by atoms with E-state index in [9.17, 15) is 14.7 Å². The van der Waals surface area contributed by atoms with Crippen LogP contribution in [0.15, 0.2) is 11.4 Å². The molecule has 0 radical (unpaired) electrons. The van der Waals surface area contributed by atoms with Crippen LogP contribution < -0.4 is 5.32 Å². The van der Waals surface area contributed by atoms with Crippen LogP contribution in [0.1, 0.15) is 35.7 Å². The third-order valence-electron chi connectivity index (χ3n) is 4.17. The number of likely N-dealkylation sites (tertiary alicyclic amines) is 1. The predicted molar refractivity (Wildman–Crippen MR) is 77.3 cm³/mol. The van der Waals surface area contributed by atoms with Crippen molar-refractivity contribution in [3.63, 3.8) is 0 Å². The number of aliphatic hydroxyl groups excluding tert-OH is 1. The van der Waals surface area contributed by atoms with Gasteiger partial charge in [0.2, 0.25) is 0 Å². The molecule has 1 aromatic rings. The van der Waals surface area contributed by atoms with Crippen molar-refractivity contribution in [1.29, 1.82) is 0 Å². The van der Waals surface area contributed by atoms with Crippen molar-refractivity contribution < 1.29 is 19.8 Å². The molecule has 1 aromatic heterocycles.